The van der Waals surface area contributed by atoms with Crippen molar-refractivity contribution in [1.29, 1.82) is 0 Å². The van der Waals surface area contributed by atoms with Gasteiger partial charge in [0.25, 0.3) is 0 Å². The topological polar surface area (TPSA) is 94.3 Å². The first-order valence-corrected chi connectivity index (χ1v) is 5.39. The number of nitrogens with two attached hydrogens (primary N) is 1. The Morgan fingerprint density at radius 3 is 2.75 bits per heavy atom. The highest BCUT2D eigenvalue weighted by Crippen LogP contribution is 2.29. The van der Waals surface area contributed by atoms with Crippen LogP contribution in [-0.2, 0) is 0 Å². The summed E-state index contributed by atoms with van der Waals surface area (Å²) in [6, 6.07) is 2.72. The van der Waals surface area contributed by atoms with Crippen LogP contribution in [0.4, 0.5) is 5.88 Å². The first kappa shape index (κ1) is 11.1. The van der Waals surface area contributed by atoms with Crippen LogP contribution in [0.1, 0.15) is 24.6 Å². The zero-order valence-corrected chi connectivity index (χ0v) is 8.89. The summed E-state index contributed by atoms with van der Waals surface area (Å²) in [5, 5.41) is 13.7. The standard InChI is InChI=1S/C10H15N3O3/c11-10(7-3-5-12-6-4-7)8-1-2-9(16-8)13(14)15/h1-2,7,10,12H,3-6,11H2/t10-/m1/s1. The maximum absolute atomic E-state index is 10.5. The molecule has 2 rings (SSSR count). The zero-order valence-electron chi connectivity index (χ0n) is 8.89. The molecule has 0 saturated carbocycles. The van der Waals surface area contributed by atoms with Crippen LogP contribution in [0, 0.1) is 16.0 Å². The Hall–Kier alpha value is -1.40. The number of furan rings is 1. The fourth-order valence-electron chi connectivity index (χ4n) is 2.06. The maximum Gasteiger partial charge on any atom is 0.433 e. The summed E-state index contributed by atoms with van der Waals surface area (Å²) in [5.74, 6) is 0.616. The van der Waals surface area contributed by atoms with E-state index in [-0.39, 0.29) is 11.9 Å². The summed E-state index contributed by atoms with van der Waals surface area (Å²) < 4.78 is 5.12. The molecule has 1 atom stereocenters. The summed E-state index contributed by atoms with van der Waals surface area (Å²) >= 11 is 0. The van der Waals surface area contributed by atoms with Crippen LogP contribution in [0.25, 0.3) is 0 Å². The fourth-order valence-corrected chi connectivity index (χ4v) is 2.06. The summed E-state index contributed by atoms with van der Waals surface area (Å²) in [5.41, 5.74) is 6.04. The van der Waals surface area contributed by atoms with Crippen molar-refractivity contribution in [3.8, 4) is 0 Å². The lowest BCUT2D eigenvalue weighted by molar-refractivity contribution is -0.402. The lowest BCUT2D eigenvalue weighted by Crippen LogP contribution is -2.33. The fraction of sp³-hybridized carbons (Fsp3) is 0.600. The van der Waals surface area contributed by atoms with Crippen LogP contribution in [-0.4, -0.2) is 18.0 Å². The van der Waals surface area contributed by atoms with E-state index in [1.54, 1.807) is 6.07 Å². The quantitative estimate of drug-likeness (QED) is 0.595. The Balaban J connectivity index is 2.07. The van der Waals surface area contributed by atoms with Crippen molar-refractivity contribution < 1.29 is 9.34 Å². The van der Waals surface area contributed by atoms with Gasteiger partial charge >= 0.3 is 5.88 Å². The molecule has 1 aliphatic rings. The van der Waals surface area contributed by atoms with Gasteiger partial charge in [0.15, 0.2) is 0 Å². The highest BCUT2D eigenvalue weighted by Gasteiger charge is 2.25. The van der Waals surface area contributed by atoms with Gasteiger partial charge in [-0.3, -0.25) is 10.1 Å². The normalized spacial score (nSPS) is 19.6. The highest BCUT2D eigenvalue weighted by atomic mass is 16.6. The number of hydrogen-bond donors (Lipinski definition) is 2. The van der Waals surface area contributed by atoms with Crippen molar-refractivity contribution in [1.82, 2.24) is 5.32 Å². The van der Waals surface area contributed by atoms with Crippen LogP contribution < -0.4 is 11.1 Å². The van der Waals surface area contributed by atoms with Gasteiger partial charge in [0.05, 0.1) is 12.1 Å². The van der Waals surface area contributed by atoms with Crippen LogP contribution in [0.15, 0.2) is 16.5 Å². The van der Waals surface area contributed by atoms with E-state index in [9.17, 15) is 10.1 Å². The van der Waals surface area contributed by atoms with E-state index in [1.807, 2.05) is 0 Å². The summed E-state index contributed by atoms with van der Waals surface area (Å²) in [6.07, 6.45) is 1.96. The molecule has 1 aromatic heterocycles. The molecule has 6 nitrogen and oxygen atoms in total. The Morgan fingerprint density at radius 2 is 2.19 bits per heavy atom. The average molecular weight is 225 g/mol. The molecule has 0 aliphatic carbocycles. The van der Waals surface area contributed by atoms with Crippen molar-refractivity contribution in [3.63, 3.8) is 0 Å². The van der Waals surface area contributed by atoms with Crippen molar-refractivity contribution in [2.45, 2.75) is 18.9 Å². The van der Waals surface area contributed by atoms with Gasteiger partial charge in [-0.15, -0.1) is 0 Å². The van der Waals surface area contributed by atoms with E-state index in [2.05, 4.69) is 5.32 Å². The van der Waals surface area contributed by atoms with Gasteiger partial charge in [-0.05, 0) is 37.9 Å². The van der Waals surface area contributed by atoms with E-state index in [1.165, 1.54) is 6.07 Å². The molecule has 1 saturated heterocycles. The molecular weight excluding hydrogens is 210 g/mol. The lowest BCUT2D eigenvalue weighted by Gasteiger charge is -2.26. The largest absolute Gasteiger partial charge is 0.433 e. The van der Waals surface area contributed by atoms with Crippen molar-refractivity contribution in [3.05, 3.63) is 28.0 Å². The van der Waals surface area contributed by atoms with E-state index in [0.717, 1.165) is 25.9 Å². The van der Waals surface area contributed by atoms with Gasteiger partial charge in [0.1, 0.15) is 10.7 Å². The first-order chi connectivity index (χ1) is 7.68. The molecule has 0 bridgehead atoms. The Morgan fingerprint density at radius 1 is 1.50 bits per heavy atom. The number of hydrogen-bond acceptors (Lipinski definition) is 5. The van der Waals surface area contributed by atoms with Crippen molar-refractivity contribution >= 4 is 5.88 Å². The number of nitrogens with zero attached hydrogens (tertiary/aromatic N) is 1. The van der Waals surface area contributed by atoms with Gasteiger partial charge in [-0.2, -0.15) is 0 Å². The molecule has 6 heteroatoms. The van der Waals surface area contributed by atoms with Crippen LogP contribution >= 0.6 is 0 Å². The molecule has 88 valence electrons. The number of nitro groups is 1. The Labute approximate surface area is 93.0 Å². The maximum atomic E-state index is 10.5. The minimum absolute atomic E-state index is 0.237. The predicted molar refractivity (Wildman–Crippen MR) is 57.9 cm³/mol. The van der Waals surface area contributed by atoms with Crippen molar-refractivity contribution in [2.75, 3.05) is 13.1 Å². The minimum Gasteiger partial charge on any atom is -0.404 e. The molecule has 0 aromatic carbocycles. The molecular formula is C10H15N3O3. The summed E-state index contributed by atoms with van der Waals surface area (Å²) in [4.78, 5) is 9.93. The molecule has 3 N–H and O–H groups in total. The van der Waals surface area contributed by atoms with Gasteiger partial charge in [-0.25, -0.2) is 0 Å². The van der Waals surface area contributed by atoms with Gasteiger partial charge < -0.3 is 15.5 Å². The van der Waals surface area contributed by atoms with Gasteiger partial charge in [-0.1, -0.05) is 0 Å². The Kier molecular flexibility index (Phi) is 3.21. The second kappa shape index (κ2) is 4.63. The Bertz CT molecular complexity index is 371. The first-order valence-electron chi connectivity index (χ1n) is 5.39. The molecule has 0 amide bonds. The van der Waals surface area contributed by atoms with E-state index in [4.69, 9.17) is 10.2 Å². The van der Waals surface area contributed by atoms with Crippen molar-refractivity contribution in [2.24, 2.45) is 11.7 Å². The monoisotopic (exact) mass is 225 g/mol. The smallest absolute Gasteiger partial charge is 0.404 e. The molecule has 0 unspecified atom stereocenters. The third-order valence-electron chi connectivity index (χ3n) is 3.01. The molecule has 1 fully saturated rings. The second-order valence-corrected chi connectivity index (χ2v) is 4.05. The lowest BCUT2D eigenvalue weighted by atomic mass is 9.89. The van der Waals surface area contributed by atoms with E-state index in [0.29, 0.717) is 11.7 Å². The van der Waals surface area contributed by atoms with Gasteiger partial charge in [0, 0.05) is 0 Å². The average Bonchev–Trinajstić information content (AvgIpc) is 2.78. The molecule has 1 aliphatic heterocycles. The molecule has 2 heterocycles. The second-order valence-electron chi connectivity index (χ2n) is 4.05. The van der Waals surface area contributed by atoms with E-state index >= 15 is 0 Å². The number of piperidine rings is 1. The highest BCUT2D eigenvalue weighted by molar-refractivity contribution is 5.20. The van der Waals surface area contributed by atoms with E-state index < -0.39 is 4.92 Å². The third kappa shape index (κ3) is 2.23. The zero-order chi connectivity index (χ0) is 11.5. The van der Waals surface area contributed by atoms with Crippen LogP contribution in [0.3, 0.4) is 0 Å². The van der Waals surface area contributed by atoms with Gasteiger partial charge in [0.2, 0.25) is 0 Å². The number of nitrogens with one attached hydrogen (secondary N) is 1. The molecule has 1 aromatic rings. The van der Waals surface area contributed by atoms with Crippen LogP contribution in [0.5, 0.6) is 0 Å². The summed E-state index contributed by atoms with van der Waals surface area (Å²) in [6.45, 7) is 1.89. The molecule has 0 radical (unpaired) electrons. The molecule has 16 heavy (non-hydrogen) atoms. The SMILES string of the molecule is N[C@@H](c1ccc([N+](=O)[O-])o1)C1CCNCC1. The minimum atomic E-state index is -0.543. The third-order valence-corrected chi connectivity index (χ3v) is 3.01. The summed E-state index contributed by atoms with van der Waals surface area (Å²) in [7, 11) is 0. The molecule has 0 spiro atoms. The predicted octanol–water partition coefficient (Wildman–Crippen LogP) is 1.19. The number of rotatable bonds is 3. The van der Waals surface area contributed by atoms with Crippen LogP contribution in [0.2, 0.25) is 0 Å².